The van der Waals surface area contributed by atoms with Crippen LogP contribution in [-0.4, -0.2) is 43.2 Å². The Balaban J connectivity index is 0.00000220. The number of hydrogen-bond acceptors (Lipinski definition) is 5. The van der Waals surface area contributed by atoms with Gasteiger partial charge >= 0.3 is 0 Å². The fourth-order valence-corrected chi connectivity index (χ4v) is 2.10. The van der Waals surface area contributed by atoms with Crippen LogP contribution in [0.25, 0.3) is 0 Å². The molecular weight excluding hydrogens is 327 g/mol. The van der Waals surface area contributed by atoms with Gasteiger partial charge in [0.15, 0.2) is 0 Å². The van der Waals surface area contributed by atoms with Gasteiger partial charge in [-0.3, -0.25) is 4.79 Å². The number of nitrogens with two attached hydrogens (primary N) is 1. The highest BCUT2D eigenvalue weighted by atomic mass is 35.5. The maximum absolute atomic E-state index is 11.6. The zero-order chi connectivity index (χ0) is 14.4. The highest BCUT2D eigenvalue weighted by molar-refractivity contribution is 5.85. The molecule has 1 aromatic heterocycles. The number of halogens is 2. The summed E-state index contributed by atoms with van der Waals surface area (Å²) < 4.78 is 5.33. The number of aromatic nitrogens is 1. The maximum Gasteiger partial charge on any atom is 0.221 e. The molecule has 0 spiro atoms. The van der Waals surface area contributed by atoms with Gasteiger partial charge in [-0.2, -0.15) is 0 Å². The van der Waals surface area contributed by atoms with Crippen molar-refractivity contribution in [2.75, 3.05) is 31.2 Å². The standard InChI is InChI=1S/C14H22N4O2.2ClH/c1-11(15)8-14(19)17-10-12-2-3-16-13(9-12)18-4-6-20-7-5-18;;/h2-3,9,11H,4-8,10,15H2,1H3,(H,17,19);2*1H. The molecule has 2 heterocycles. The van der Waals surface area contributed by atoms with Crippen molar-refractivity contribution in [3.63, 3.8) is 0 Å². The molecule has 0 bridgehead atoms. The summed E-state index contributed by atoms with van der Waals surface area (Å²) in [5.74, 6) is 0.914. The predicted molar refractivity (Wildman–Crippen MR) is 91.9 cm³/mol. The largest absolute Gasteiger partial charge is 0.378 e. The number of amides is 1. The van der Waals surface area contributed by atoms with Crippen LogP contribution in [0.2, 0.25) is 0 Å². The minimum Gasteiger partial charge on any atom is -0.378 e. The third-order valence-corrected chi connectivity index (χ3v) is 3.14. The van der Waals surface area contributed by atoms with Crippen LogP contribution in [0.4, 0.5) is 5.82 Å². The number of hydrogen-bond donors (Lipinski definition) is 2. The van der Waals surface area contributed by atoms with Crippen molar-refractivity contribution in [3.05, 3.63) is 23.9 Å². The van der Waals surface area contributed by atoms with Gasteiger partial charge in [-0.25, -0.2) is 4.98 Å². The van der Waals surface area contributed by atoms with Crippen LogP contribution < -0.4 is 16.0 Å². The van der Waals surface area contributed by atoms with Crippen molar-refractivity contribution in [2.24, 2.45) is 5.73 Å². The highest BCUT2D eigenvalue weighted by Crippen LogP contribution is 2.14. The number of nitrogens with zero attached hydrogens (tertiary/aromatic N) is 2. The van der Waals surface area contributed by atoms with Gasteiger partial charge in [0.25, 0.3) is 0 Å². The summed E-state index contributed by atoms with van der Waals surface area (Å²) in [4.78, 5) is 18.1. The van der Waals surface area contributed by atoms with Gasteiger partial charge in [-0.15, -0.1) is 24.8 Å². The molecule has 1 aliphatic heterocycles. The first-order valence-corrected chi connectivity index (χ1v) is 6.95. The van der Waals surface area contributed by atoms with Crippen LogP contribution in [0.3, 0.4) is 0 Å². The van der Waals surface area contributed by atoms with Gasteiger partial charge in [0, 0.05) is 38.3 Å². The second-order valence-corrected chi connectivity index (χ2v) is 5.08. The van der Waals surface area contributed by atoms with Gasteiger partial charge in [0.1, 0.15) is 5.82 Å². The van der Waals surface area contributed by atoms with E-state index in [2.05, 4.69) is 15.2 Å². The van der Waals surface area contributed by atoms with Gasteiger partial charge in [-0.05, 0) is 24.6 Å². The Hall–Kier alpha value is -1.08. The van der Waals surface area contributed by atoms with E-state index in [-0.39, 0.29) is 36.8 Å². The Morgan fingerprint density at radius 3 is 2.77 bits per heavy atom. The lowest BCUT2D eigenvalue weighted by Crippen LogP contribution is -2.36. The average molecular weight is 351 g/mol. The third-order valence-electron chi connectivity index (χ3n) is 3.14. The molecular formula is C14H24Cl2N4O2. The van der Waals surface area contributed by atoms with Crippen LogP contribution in [0.1, 0.15) is 18.9 Å². The van der Waals surface area contributed by atoms with E-state index >= 15 is 0 Å². The number of ether oxygens (including phenoxy) is 1. The molecule has 0 aliphatic carbocycles. The van der Waals surface area contributed by atoms with Gasteiger partial charge in [0.05, 0.1) is 13.2 Å². The number of morpholine rings is 1. The first kappa shape index (κ1) is 20.9. The molecule has 1 unspecified atom stereocenters. The van der Waals surface area contributed by atoms with E-state index in [9.17, 15) is 4.79 Å². The fourth-order valence-electron chi connectivity index (χ4n) is 2.10. The van der Waals surface area contributed by atoms with Gasteiger partial charge < -0.3 is 20.7 Å². The third kappa shape index (κ3) is 6.79. The number of rotatable bonds is 5. The van der Waals surface area contributed by atoms with Crippen molar-refractivity contribution in [3.8, 4) is 0 Å². The lowest BCUT2D eigenvalue weighted by molar-refractivity contribution is -0.121. The van der Waals surface area contributed by atoms with Crippen LogP contribution >= 0.6 is 24.8 Å². The number of nitrogens with one attached hydrogen (secondary N) is 1. The molecule has 2 rings (SSSR count). The molecule has 3 N–H and O–H groups in total. The summed E-state index contributed by atoms with van der Waals surface area (Å²) in [6.07, 6.45) is 2.12. The predicted octanol–water partition coefficient (Wildman–Crippen LogP) is 1.12. The number of carbonyl (C=O) groups excluding carboxylic acids is 1. The summed E-state index contributed by atoms with van der Waals surface area (Å²) in [6, 6.07) is 3.81. The topological polar surface area (TPSA) is 80.5 Å². The van der Waals surface area contributed by atoms with E-state index in [0.717, 1.165) is 37.7 Å². The summed E-state index contributed by atoms with van der Waals surface area (Å²) in [5, 5.41) is 2.87. The van der Waals surface area contributed by atoms with Crippen LogP contribution in [-0.2, 0) is 16.1 Å². The minimum absolute atomic E-state index is 0. The molecule has 1 aromatic rings. The second kappa shape index (κ2) is 10.6. The SMILES string of the molecule is CC(N)CC(=O)NCc1ccnc(N2CCOCC2)c1.Cl.Cl. The molecule has 1 saturated heterocycles. The molecule has 0 aromatic carbocycles. The summed E-state index contributed by atoms with van der Waals surface area (Å²) in [7, 11) is 0. The molecule has 1 amide bonds. The number of anilines is 1. The van der Waals surface area contributed by atoms with E-state index in [4.69, 9.17) is 10.5 Å². The van der Waals surface area contributed by atoms with Crippen molar-refractivity contribution < 1.29 is 9.53 Å². The van der Waals surface area contributed by atoms with E-state index < -0.39 is 0 Å². The number of pyridine rings is 1. The molecule has 1 aliphatic rings. The quantitative estimate of drug-likeness (QED) is 0.831. The first-order chi connectivity index (χ1) is 9.65. The van der Waals surface area contributed by atoms with E-state index in [1.54, 1.807) is 6.20 Å². The van der Waals surface area contributed by atoms with E-state index in [0.29, 0.717) is 13.0 Å². The normalized spacial score (nSPS) is 15.3. The van der Waals surface area contributed by atoms with Gasteiger partial charge in [0.2, 0.25) is 5.91 Å². The molecule has 126 valence electrons. The lowest BCUT2D eigenvalue weighted by Gasteiger charge is -2.28. The Bertz CT molecular complexity index is 454. The summed E-state index contributed by atoms with van der Waals surface area (Å²) in [5.41, 5.74) is 6.64. The molecule has 8 heteroatoms. The number of carbonyl (C=O) groups is 1. The average Bonchev–Trinajstić information content (AvgIpc) is 2.46. The van der Waals surface area contributed by atoms with Crippen LogP contribution in [0.15, 0.2) is 18.3 Å². The Morgan fingerprint density at radius 1 is 1.45 bits per heavy atom. The summed E-state index contributed by atoms with van der Waals surface area (Å²) in [6.45, 7) is 5.50. The van der Waals surface area contributed by atoms with Crippen LogP contribution in [0, 0.1) is 0 Å². The second-order valence-electron chi connectivity index (χ2n) is 5.08. The molecule has 1 atom stereocenters. The zero-order valence-corrected chi connectivity index (χ0v) is 14.3. The molecule has 0 saturated carbocycles. The Labute approximate surface area is 143 Å². The highest BCUT2D eigenvalue weighted by Gasteiger charge is 2.12. The van der Waals surface area contributed by atoms with Crippen LogP contribution in [0.5, 0.6) is 0 Å². The zero-order valence-electron chi connectivity index (χ0n) is 12.7. The molecule has 1 fully saturated rings. The van der Waals surface area contributed by atoms with E-state index in [1.165, 1.54) is 0 Å². The first-order valence-electron chi connectivity index (χ1n) is 6.95. The van der Waals surface area contributed by atoms with E-state index in [1.807, 2.05) is 19.1 Å². The van der Waals surface area contributed by atoms with Crippen molar-refractivity contribution >= 4 is 36.5 Å². The minimum atomic E-state index is -0.114. The van der Waals surface area contributed by atoms with Crippen molar-refractivity contribution in [1.82, 2.24) is 10.3 Å². The van der Waals surface area contributed by atoms with Crippen molar-refractivity contribution in [2.45, 2.75) is 25.9 Å². The molecule has 0 radical (unpaired) electrons. The lowest BCUT2D eigenvalue weighted by atomic mass is 10.2. The fraction of sp³-hybridized carbons (Fsp3) is 0.571. The monoisotopic (exact) mass is 350 g/mol. The summed E-state index contributed by atoms with van der Waals surface area (Å²) >= 11 is 0. The maximum atomic E-state index is 11.6. The Morgan fingerprint density at radius 2 is 2.14 bits per heavy atom. The van der Waals surface area contributed by atoms with Gasteiger partial charge in [-0.1, -0.05) is 0 Å². The molecule has 6 nitrogen and oxygen atoms in total. The Kier molecular flexibility index (Phi) is 10.1. The molecule has 22 heavy (non-hydrogen) atoms. The smallest absolute Gasteiger partial charge is 0.221 e. The van der Waals surface area contributed by atoms with Crippen molar-refractivity contribution in [1.29, 1.82) is 0 Å².